The van der Waals surface area contributed by atoms with Gasteiger partial charge >= 0.3 is 0 Å². The van der Waals surface area contributed by atoms with Crippen molar-refractivity contribution < 1.29 is 5.11 Å². The second-order valence-electron chi connectivity index (χ2n) is 4.21. The molecule has 2 rings (SSSR count). The van der Waals surface area contributed by atoms with Gasteiger partial charge in [-0.2, -0.15) is 0 Å². The zero-order chi connectivity index (χ0) is 14.7. The first kappa shape index (κ1) is 15.9. The van der Waals surface area contributed by atoms with Crippen molar-refractivity contribution in [3.63, 3.8) is 0 Å². The van der Waals surface area contributed by atoms with Gasteiger partial charge in [-0.1, -0.05) is 34.8 Å². The van der Waals surface area contributed by atoms with E-state index in [1.54, 1.807) is 24.3 Å². The van der Waals surface area contributed by atoms with Gasteiger partial charge in [0.2, 0.25) is 0 Å². The van der Waals surface area contributed by atoms with Crippen LogP contribution in [0.1, 0.15) is 11.6 Å². The molecule has 0 amide bonds. The summed E-state index contributed by atoms with van der Waals surface area (Å²) < 4.78 is 0.782. The van der Waals surface area contributed by atoms with E-state index in [4.69, 9.17) is 34.8 Å². The molecular weight excluding hydrogens is 384 g/mol. The van der Waals surface area contributed by atoms with Crippen molar-refractivity contribution in [3.8, 4) is 0 Å². The third-order valence-corrected chi connectivity index (χ3v) is 4.38. The molecule has 2 nitrogen and oxygen atoms in total. The Kier molecular flexibility index (Phi) is 5.58. The fraction of sp³-hybridized carbons (Fsp3) is 0.143. The average Bonchev–Trinajstić information content (AvgIpc) is 2.38. The molecule has 0 radical (unpaired) electrons. The van der Waals surface area contributed by atoms with Crippen LogP contribution in [0.4, 0.5) is 5.69 Å². The van der Waals surface area contributed by atoms with Crippen LogP contribution in [0.2, 0.25) is 15.1 Å². The normalized spacial score (nSPS) is 12.2. The summed E-state index contributed by atoms with van der Waals surface area (Å²) in [5.74, 6) is 0. The number of aliphatic hydroxyl groups excluding tert-OH is 1. The van der Waals surface area contributed by atoms with E-state index in [1.807, 2.05) is 12.1 Å². The van der Waals surface area contributed by atoms with Gasteiger partial charge in [0, 0.05) is 20.2 Å². The molecule has 0 aliphatic rings. The highest BCUT2D eigenvalue weighted by Crippen LogP contribution is 2.29. The van der Waals surface area contributed by atoms with Crippen LogP contribution in [0, 0.1) is 0 Å². The van der Waals surface area contributed by atoms with Crippen LogP contribution in [0.25, 0.3) is 0 Å². The van der Waals surface area contributed by atoms with Crippen LogP contribution in [-0.2, 0) is 0 Å². The average molecular weight is 396 g/mol. The molecule has 2 aromatic carbocycles. The van der Waals surface area contributed by atoms with E-state index in [1.165, 1.54) is 0 Å². The molecule has 0 bridgehead atoms. The predicted octanol–water partition coefficient (Wildman–Crippen LogP) is 5.55. The van der Waals surface area contributed by atoms with Gasteiger partial charge in [0.25, 0.3) is 0 Å². The Morgan fingerprint density at radius 1 is 1.05 bits per heavy atom. The minimum absolute atomic E-state index is 0.0864. The molecule has 106 valence electrons. The van der Waals surface area contributed by atoms with Gasteiger partial charge in [0.15, 0.2) is 0 Å². The molecule has 0 saturated carbocycles. The maximum Gasteiger partial charge on any atom is 0.0746 e. The largest absolute Gasteiger partial charge is 0.394 e. The molecule has 0 saturated heterocycles. The van der Waals surface area contributed by atoms with Gasteiger partial charge in [-0.15, -0.1) is 0 Å². The second kappa shape index (κ2) is 7.01. The molecule has 0 aliphatic heterocycles. The Labute approximate surface area is 140 Å². The van der Waals surface area contributed by atoms with Crippen molar-refractivity contribution in [2.24, 2.45) is 0 Å². The monoisotopic (exact) mass is 393 g/mol. The van der Waals surface area contributed by atoms with E-state index in [-0.39, 0.29) is 12.6 Å². The lowest BCUT2D eigenvalue weighted by Crippen LogP contribution is -2.14. The Morgan fingerprint density at radius 2 is 1.70 bits per heavy atom. The summed E-state index contributed by atoms with van der Waals surface area (Å²) in [7, 11) is 0. The second-order valence-corrected chi connectivity index (χ2v) is 6.35. The van der Waals surface area contributed by atoms with Crippen LogP contribution in [0.15, 0.2) is 40.9 Å². The number of rotatable bonds is 4. The fourth-order valence-electron chi connectivity index (χ4n) is 1.80. The highest BCUT2D eigenvalue weighted by atomic mass is 79.9. The molecule has 1 atom stereocenters. The number of aliphatic hydroxyl groups is 1. The van der Waals surface area contributed by atoms with Crippen LogP contribution in [-0.4, -0.2) is 11.7 Å². The Balaban J connectivity index is 2.26. The van der Waals surface area contributed by atoms with Crippen LogP contribution in [0.3, 0.4) is 0 Å². The lowest BCUT2D eigenvalue weighted by molar-refractivity contribution is 0.276. The van der Waals surface area contributed by atoms with Gasteiger partial charge in [-0.3, -0.25) is 0 Å². The molecule has 1 unspecified atom stereocenters. The van der Waals surface area contributed by atoms with E-state index in [2.05, 4.69) is 21.2 Å². The Morgan fingerprint density at radius 3 is 2.25 bits per heavy atom. The van der Waals surface area contributed by atoms with Gasteiger partial charge in [0.05, 0.1) is 17.7 Å². The summed E-state index contributed by atoms with van der Waals surface area (Å²) in [4.78, 5) is 0. The molecule has 0 aromatic heterocycles. The molecule has 0 spiro atoms. The SMILES string of the molecule is OCC(Nc1ccc(Cl)c(Br)c1)c1cc(Cl)cc(Cl)c1. The van der Waals surface area contributed by atoms with Crippen molar-refractivity contribution in [3.05, 3.63) is 61.5 Å². The molecular formula is C14H11BrCl3NO. The number of anilines is 1. The Bertz CT molecular complexity index is 601. The molecule has 0 aliphatic carbocycles. The van der Waals surface area contributed by atoms with Crippen molar-refractivity contribution in [1.29, 1.82) is 0 Å². The first-order chi connectivity index (χ1) is 9.49. The number of benzene rings is 2. The molecule has 2 N–H and O–H groups in total. The molecule has 6 heteroatoms. The van der Waals surface area contributed by atoms with Crippen LogP contribution >= 0.6 is 50.7 Å². The van der Waals surface area contributed by atoms with Gasteiger partial charge in [0.1, 0.15) is 0 Å². The van der Waals surface area contributed by atoms with E-state index < -0.39 is 0 Å². The van der Waals surface area contributed by atoms with E-state index in [0.717, 1.165) is 15.7 Å². The van der Waals surface area contributed by atoms with Crippen molar-refractivity contribution in [1.82, 2.24) is 0 Å². The minimum Gasteiger partial charge on any atom is -0.394 e. The van der Waals surface area contributed by atoms with Gasteiger partial charge < -0.3 is 10.4 Å². The molecule has 20 heavy (non-hydrogen) atoms. The smallest absolute Gasteiger partial charge is 0.0746 e. The van der Waals surface area contributed by atoms with E-state index in [0.29, 0.717) is 15.1 Å². The lowest BCUT2D eigenvalue weighted by Gasteiger charge is -2.19. The fourth-order valence-corrected chi connectivity index (χ4v) is 2.84. The topological polar surface area (TPSA) is 32.3 Å². The maximum atomic E-state index is 9.56. The zero-order valence-electron chi connectivity index (χ0n) is 10.2. The minimum atomic E-state index is -0.306. The summed E-state index contributed by atoms with van der Waals surface area (Å²) in [5, 5.41) is 14.5. The van der Waals surface area contributed by atoms with Crippen molar-refractivity contribution >= 4 is 56.4 Å². The van der Waals surface area contributed by atoms with Crippen LogP contribution in [0.5, 0.6) is 0 Å². The standard InChI is InChI=1S/C14H11BrCl3NO/c15-12-6-11(1-2-13(12)18)19-14(7-20)8-3-9(16)5-10(17)4-8/h1-6,14,19-20H,7H2. The van der Waals surface area contributed by atoms with Crippen LogP contribution < -0.4 is 5.32 Å². The highest BCUT2D eigenvalue weighted by Gasteiger charge is 2.12. The lowest BCUT2D eigenvalue weighted by atomic mass is 10.1. The highest BCUT2D eigenvalue weighted by molar-refractivity contribution is 9.10. The quantitative estimate of drug-likeness (QED) is 0.711. The van der Waals surface area contributed by atoms with E-state index in [9.17, 15) is 5.11 Å². The number of hydrogen-bond donors (Lipinski definition) is 2. The first-order valence-corrected chi connectivity index (χ1v) is 7.70. The number of nitrogens with one attached hydrogen (secondary N) is 1. The molecule has 0 fully saturated rings. The third-order valence-electron chi connectivity index (χ3n) is 2.73. The van der Waals surface area contributed by atoms with Gasteiger partial charge in [-0.05, 0) is 57.9 Å². The molecule has 2 aromatic rings. The summed E-state index contributed by atoms with van der Waals surface area (Å²) in [6, 6.07) is 10.3. The summed E-state index contributed by atoms with van der Waals surface area (Å²) in [6.45, 7) is -0.0864. The zero-order valence-corrected chi connectivity index (χ0v) is 14.1. The summed E-state index contributed by atoms with van der Waals surface area (Å²) in [5.41, 5.74) is 1.65. The number of hydrogen-bond acceptors (Lipinski definition) is 2. The van der Waals surface area contributed by atoms with E-state index >= 15 is 0 Å². The summed E-state index contributed by atoms with van der Waals surface area (Å²) >= 11 is 21.3. The Hall–Kier alpha value is -0.450. The maximum absolute atomic E-state index is 9.56. The summed E-state index contributed by atoms with van der Waals surface area (Å²) in [6.07, 6.45) is 0. The number of halogens is 4. The molecule has 0 heterocycles. The first-order valence-electron chi connectivity index (χ1n) is 5.78. The predicted molar refractivity (Wildman–Crippen MR) is 89.1 cm³/mol. The van der Waals surface area contributed by atoms with Crippen molar-refractivity contribution in [2.45, 2.75) is 6.04 Å². The van der Waals surface area contributed by atoms with Gasteiger partial charge in [-0.25, -0.2) is 0 Å². The third kappa shape index (κ3) is 4.03. The van der Waals surface area contributed by atoms with Crippen molar-refractivity contribution in [2.75, 3.05) is 11.9 Å².